The van der Waals surface area contributed by atoms with Crippen molar-refractivity contribution in [1.82, 2.24) is 10.0 Å². The second kappa shape index (κ2) is 7.55. The molecular weight excluding hydrogens is 412 g/mol. The number of hydroxylamine groups is 1. The molecule has 2 rings (SSSR count). The number of aromatic nitrogens is 1. The van der Waals surface area contributed by atoms with Crippen molar-refractivity contribution < 1.29 is 18.4 Å². The number of hydrogen-bond donors (Lipinski definition) is 2. The molecule has 6 nitrogen and oxygen atoms in total. The van der Waals surface area contributed by atoms with Gasteiger partial charge in [0.25, 0.3) is 11.5 Å². The zero-order chi connectivity index (χ0) is 19.6. The van der Waals surface area contributed by atoms with Crippen LogP contribution in [0.5, 0.6) is 0 Å². The summed E-state index contributed by atoms with van der Waals surface area (Å²) in [5.41, 5.74) is -0.184. The molecule has 2 aromatic rings. The van der Waals surface area contributed by atoms with E-state index in [1.165, 1.54) is 25.2 Å². The summed E-state index contributed by atoms with van der Waals surface area (Å²) in [6, 6.07) is 4.06. The average Bonchev–Trinajstić information content (AvgIpc) is 2.54. The number of halogens is 3. The van der Waals surface area contributed by atoms with E-state index >= 15 is 0 Å². The van der Waals surface area contributed by atoms with E-state index in [2.05, 4.69) is 26.7 Å². The van der Waals surface area contributed by atoms with E-state index in [4.69, 9.17) is 4.84 Å². The molecule has 2 N–H and O–H groups in total. The number of aryl methyl sites for hydroxylation is 1. The Labute approximate surface area is 157 Å². The van der Waals surface area contributed by atoms with Gasteiger partial charge in [-0.3, -0.25) is 14.4 Å². The second-order valence-electron chi connectivity index (χ2n) is 6.54. The highest BCUT2D eigenvalue weighted by Gasteiger charge is 2.22. The monoisotopic (exact) mass is 429 g/mol. The zero-order valence-corrected chi connectivity index (χ0v) is 16.2. The van der Waals surface area contributed by atoms with Crippen LogP contribution in [-0.2, 0) is 11.9 Å². The first-order valence-corrected chi connectivity index (χ1v) is 8.38. The molecule has 1 heterocycles. The minimum absolute atomic E-state index is 0.0915. The molecule has 140 valence electrons. The number of benzene rings is 1. The molecule has 9 heteroatoms. The Morgan fingerprint density at radius 1 is 1.27 bits per heavy atom. The molecule has 1 aromatic carbocycles. The Morgan fingerprint density at radius 2 is 1.92 bits per heavy atom. The highest BCUT2D eigenvalue weighted by Crippen LogP contribution is 2.26. The molecule has 0 radical (unpaired) electrons. The van der Waals surface area contributed by atoms with Gasteiger partial charge in [-0.2, -0.15) is 4.39 Å². The Morgan fingerprint density at radius 3 is 2.50 bits per heavy atom. The van der Waals surface area contributed by atoms with Gasteiger partial charge in [-0.15, -0.1) is 0 Å². The molecule has 0 saturated carbocycles. The van der Waals surface area contributed by atoms with Crippen LogP contribution in [0.15, 0.2) is 33.7 Å². The molecule has 1 aromatic heterocycles. The fourth-order valence-corrected chi connectivity index (χ4v) is 2.30. The summed E-state index contributed by atoms with van der Waals surface area (Å²) in [6.45, 7) is 5.14. The number of carbonyl (C=O) groups excluding carboxylic acids is 1. The van der Waals surface area contributed by atoms with E-state index in [1.807, 2.05) is 0 Å². The van der Waals surface area contributed by atoms with Gasteiger partial charge in [-0.1, -0.05) is 15.9 Å². The smallest absolute Gasteiger partial charge is 0.288 e. The van der Waals surface area contributed by atoms with E-state index in [1.54, 1.807) is 20.8 Å². The topological polar surface area (TPSA) is 72.4 Å². The molecule has 0 bridgehead atoms. The zero-order valence-electron chi connectivity index (χ0n) is 14.6. The van der Waals surface area contributed by atoms with Crippen molar-refractivity contribution in [3.63, 3.8) is 0 Å². The van der Waals surface area contributed by atoms with Gasteiger partial charge < -0.3 is 9.88 Å². The summed E-state index contributed by atoms with van der Waals surface area (Å²) < 4.78 is 30.0. The number of carbonyl (C=O) groups is 1. The van der Waals surface area contributed by atoms with Gasteiger partial charge in [-0.25, -0.2) is 9.87 Å². The summed E-state index contributed by atoms with van der Waals surface area (Å²) in [5, 5.41) is 2.48. The first kappa shape index (κ1) is 20.1. The molecule has 0 aliphatic heterocycles. The van der Waals surface area contributed by atoms with E-state index in [0.717, 1.165) is 10.8 Å². The van der Waals surface area contributed by atoms with Gasteiger partial charge in [0.15, 0.2) is 0 Å². The standard InChI is InChI=1S/C17H18BrF2N3O3/c1-17(2,3)26-22-15(24)10-8-23(4)16(25)13(20)14(10)21-12-6-5-9(18)7-11(12)19/h5-8,21H,1-4H3,(H,22,24). The van der Waals surface area contributed by atoms with Crippen LogP contribution < -0.4 is 16.4 Å². The van der Waals surface area contributed by atoms with Crippen LogP contribution in [0, 0.1) is 11.6 Å². The third-order valence-corrected chi connectivity index (χ3v) is 3.70. The Bertz CT molecular complexity index is 907. The van der Waals surface area contributed by atoms with E-state index in [-0.39, 0.29) is 11.3 Å². The number of hydrogen-bond acceptors (Lipinski definition) is 4. The highest BCUT2D eigenvalue weighted by atomic mass is 79.9. The fourth-order valence-electron chi connectivity index (χ4n) is 1.97. The number of anilines is 2. The first-order valence-electron chi connectivity index (χ1n) is 7.59. The molecule has 0 aliphatic rings. The van der Waals surface area contributed by atoms with Gasteiger partial charge in [0.1, 0.15) is 5.82 Å². The maximum absolute atomic E-state index is 14.5. The van der Waals surface area contributed by atoms with Gasteiger partial charge in [-0.05, 0) is 39.0 Å². The molecule has 0 saturated heterocycles. The normalized spacial score (nSPS) is 11.3. The number of nitrogens with one attached hydrogen (secondary N) is 2. The van der Waals surface area contributed by atoms with Crippen LogP contribution in [0.2, 0.25) is 0 Å². The second-order valence-corrected chi connectivity index (χ2v) is 7.46. The Balaban J connectivity index is 2.48. The van der Waals surface area contributed by atoms with Crippen molar-refractivity contribution in [1.29, 1.82) is 0 Å². The first-order chi connectivity index (χ1) is 12.0. The van der Waals surface area contributed by atoms with E-state index < -0.39 is 34.4 Å². The van der Waals surface area contributed by atoms with Gasteiger partial charge in [0.2, 0.25) is 5.82 Å². The number of nitrogens with zero attached hydrogens (tertiary/aromatic N) is 1. The maximum atomic E-state index is 14.5. The van der Waals surface area contributed by atoms with E-state index in [9.17, 15) is 18.4 Å². The lowest BCUT2D eigenvalue weighted by Crippen LogP contribution is -2.35. The molecule has 0 aliphatic carbocycles. The molecule has 0 unspecified atom stereocenters. The Hall–Kier alpha value is -2.26. The van der Waals surface area contributed by atoms with Crippen molar-refractivity contribution in [2.45, 2.75) is 26.4 Å². The number of pyridine rings is 1. The van der Waals surface area contributed by atoms with Gasteiger partial charge in [0.05, 0.1) is 22.5 Å². The van der Waals surface area contributed by atoms with E-state index in [0.29, 0.717) is 4.47 Å². The van der Waals surface area contributed by atoms with Gasteiger partial charge in [0, 0.05) is 17.7 Å². The predicted molar refractivity (Wildman–Crippen MR) is 97.3 cm³/mol. The Kier molecular flexibility index (Phi) is 5.82. The third-order valence-electron chi connectivity index (χ3n) is 3.21. The molecule has 26 heavy (non-hydrogen) atoms. The lowest BCUT2D eigenvalue weighted by atomic mass is 10.2. The predicted octanol–water partition coefficient (Wildman–Crippen LogP) is 3.63. The van der Waals surface area contributed by atoms with Crippen LogP contribution in [0.3, 0.4) is 0 Å². The molecule has 0 fully saturated rings. The maximum Gasteiger partial charge on any atom is 0.288 e. The molecule has 0 spiro atoms. The average molecular weight is 430 g/mol. The van der Waals surface area contributed by atoms with Crippen LogP contribution in [0.4, 0.5) is 20.2 Å². The molecular formula is C17H18BrF2N3O3. The van der Waals surface area contributed by atoms with Crippen LogP contribution in [-0.4, -0.2) is 16.1 Å². The van der Waals surface area contributed by atoms with Crippen LogP contribution in [0.1, 0.15) is 31.1 Å². The van der Waals surface area contributed by atoms with Crippen molar-refractivity contribution in [2.24, 2.45) is 7.05 Å². The molecule has 0 atom stereocenters. The lowest BCUT2D eigenvalue weighted by Gasteiger charge is -2.20. The summed E-state index contributed by atoms with van der Waals surface area (Å²) in [4.78, 5) is 29.5. The molecule has 1 amide bonds. The number of rotatable bonds is 4. The summed E-state index contributed by atoms with van der Waals surface area (Å²) in [6.07, 6.45) is 1.14. The van der Waals surface area contributed by atoms with Gasteiger partial charge >= 0.3 is 0 Å². The quantitative estimate of drug-likeness (QED) is 0.727. The van der Waals surface area contributed by atoms with Crippen LogP contribution in [0.25, 0.3) is 0 Å². The fraction of sp³-hybridized carbons (Fsp3) is 0.294. The lowest BCUT2D eigenvalue weighted by molar-refractivity contribution is -0.0589. The minimum Gasteiger partial charge on any atom is -0.350 e. The van der Waals surface area contributed by atoms with Crippen molar-refractivity contribution in [3.05, 3.63) is 56.4 Å². The third kappa shape index (κ3) is 4.67. The summed E-state index contributed by atoms with van der Waals surface area (Å²) in [5.74, 6) is -2.68. The number of amides is 1. The van der Waals surface area contributed by atoms with Crippen molar-refractivity contribution in [3.8, 4) is 0 Å². The SMILES string of the molecule is Cn1cc(C(=O)NOC(C)(C)C)c(Nc2ccc(Br)cc2F)c(F)c1=O. The van der Waals surface area contributed by atoms with Crippen molar-refractivity contribution >= 4 is 33.2 Å². The highest BCUT2D eigenvalue weighted by molar-refractivity contribution is 9.10. The van der Waals surface area contributed by atoms with Crippen molar-refractivity contribution in [2.75, 3.05) is 5.32 Å². The van der Waals surface area contributed by atoms with Crippen LogP contribution >= 0.6 is 15.9 Å². The summed E-state index contributed by atoms with van der Waals surface area (Å²) in [7, 11) is 1.30. The minimum atomic E-state index is -1.21. The summed E-state index contributed by atoms with van der Waals surface area (Å²) >= 11 is 3.12. The largest absolute Gasteiger partial charge is 0.350 e.